The Labute approximate surface area is 101 Å². The van der Waals surface area contributed by atoms with Gasteiger partial charge in [-0.2, -0.15) is 0 Å². The number of likely N-dealkylation sites (N-methyl/N-ethyl adjacent to an activating group) is 2. The van der Waals surface area contributed by atoms with E-state index in [1.54, 1.807) is 0 Å². The second-order valence-electron chi connectivity index (χ2n) is 4.87. The van der Waals surface area contributed by atoms with Gasteiger partial charge in [0.1, 0.15) is 0 Å². The predicted molar refractivity (Wildman–Crippen MR) is 70.9 cm³/mol. The van der Waals surface area contributed by atoms with Crippen LogP contribution in [0.4, 0.5) is 0 Å². The third kappa shape index (κ3) is 4.04. The van der Waals surface area contributed by atoms with E-state index in [1.807, 2.05) is 0 Å². The van der Waals surface area contributed by atoms with Crippen LogP contribution >= 0.6 is 0 Å². The molecule has 1 heterocycles. The van der Waals surface area contributed by atoms with Crippen molar-refractivity contribution >= 4 is 0 Å². The van der Waals surface area contributed by atoms with E-state index in [1.165, 1.54) is 39.1 Å². The van der Waals surface area contributed by atoms with Crippen LogP contribution in [0, 0.1) is 0 Å². The van der Waals surface area contributed by atoms with Gasteiger partial charge in [0.15, 0.2) is 0 Å². The van der Waals surface area contributed by atoms with Crippen molar-refractivity contribution < 1.29 is 0 Å². The van der Waals surface area contributed by atoms with Crippen LogP contribution < -0.4 is 5.32 Å². The molecule has 2 unspecified atom stereocenters. The summed E-state index contributed by atoms with van der Waals surface area (Å²) in [5.74, 6) is 0. The molecule has 0 aromatic heterocycles. The largest absolute Gasteiger partial charge is 0.313 e. The van der Waals surface area contributed by atoms with Crippen LogP contribution in [0.1, 0.15) is 34.1 Å². The van der Waals surface area contributed by atoms with Gasteiger partial charge in [-0.1, -0.05) is 20.8 Å². The normalized spacial score (nSPS) is 24.2. The quantitative estimate of drug-likeness (QED) is 0.709. The summed E-state index contributed by atoms with van der Waals surface area (Å²) >= 11 is 0. The zero-order valence-electron chi connectivity index (χ0n) is 11.5. The van der Waals surface area contributed by atoms with Gasteiger partial charge in [0.2, 0.25) is 0 Å². The molecule has 2 atom stereocenters. The Kier molecular flexibility index (Phi) is 6.32. The van der Waals surface area contributed by atoms with Crippen LogP contribution in [0.2, 0.25) is 0 Å². The first-order chi connectivity index (χ1) is 7.71. The van der Waals surface area contributed by atoms with Crippen molar-refractivity contribution in [3.63, 3.8) is 0 Å². The molecule has 0 bridgehead atoms. The molecule has 0 spiro atoms. The smallest absolute Gasteiger partial charge is 0.0207 e. The van der Waals surface area contributed by atoms with Gasteiger partial charge in [-0.15, -0.1) is 0 Å². The van der Waals surface area contributed by atoms with Crippen LogP contribution in [0.5, 0.6) is 0 Å². The highest BCUT2D eigenvalue weighted by Gasteiger charge is 2.25. The molecule has 1 saturated heterocycles. The summed E-state index contributed by atoms with van der Waals surface area (Å²) in [6.45, 7) is 16.2. The zero-order valence-corrected chi connectivity index (χ0v) is 11.5. The summed E-state index contributed by atoms with van der Waals surface area (Å²) in [6.07, 6.45) is 1.32. The molecule has 3 heteroatoms. The van der Waals surface area contributed by atoms with E-state index in [0.717, 1.165) is 12.6 Å². The summed E-state index contributed by atoms with van der Waals surface area (Å²) in [7, 11) is 0. The first-order valence-corrected chi connectivity index (χ1v) is 6.90. The molecular formula is C13H29N3. The fourth-order valence-corrected chi connectivity index (χ4v) is 2.61. The molecule has 0 radical (unpaired) electrons. The van der Waals surface area contributed by atoms with Crippen LogP contribution in [0.3, 0.4) is 0 Å². The first kappa shape index (κ1) is 13.9. The lowest BCUT2D eigenvalue weighted by Crippen LogP contribution is -2.42. The van der Waals surface area contributed by atoms with Gasteiger partial charge in [0, 0.05) is 31.7 Å². The zero-order chi connectivity index (χ0) is 12.0. The average Bonchev–Trinajstić information content (AvgIpc) is 2.74. The van der Waals surface area contributed by atoms with E-state index in [-0.39, 0.29) is 0 Å². The van der Waals surface area contributed by atoms with Gasteiger partial charge in [-0.3, -0.25) is 4.90 Å². The fourth-order valence-electron chi connectivity index (χ4n) is 2.61. The highest BCUT2D eigenvalue weighted by atomic mass is 15.2. The lowest BCUT2D eigenvalue weighted by atomic mass is 10.2. The highest BCUT2D eigenvalue weighted by molar-refractivity contribution is 4.84. The van der Waals surface area contributed by atoms with Gasteiger partial charge in [0.25, 0.3) is 0 Å². The first-order valence-electron chi connectivity index (χ1n) is 6.90. The maximum Gasteiger partial charge on any atom is 0.0207 e. The molecule has 0 aromatic rings. The van der Waals surface area contributed by atoms with E-state index >= 15 is 0 Å². The molecule has 96 valence electrons. The van der Waals surface area contributed by atoms with Gasteiger partial charge in [-0.05, 0) is 33.0 Å². The monoisotopic (exact) mass is 227 g/mol. The van der Waals surface area contributed by atoms with E-state index in [0.29, 0.717) is 6.04 Å². The Morgan fingerprint density at radius 2 is 2.00 bits per heavy atom. The second-order valence-corrected chi connectivity index (χ2v) is 4.87. The van der Waals surface area contributed by atoms with Crippen LogP contribution in [0.25, 0.3) is 0 Å². The SMILES string of the molecule is CCNC1CCN(C(C)CN(CC)CC)C1. The summed E-state index contributed by atoms with van der Waals surface area (Å²) in [4.78, 5) is 5.15. The van der Waals surface area contributed by atoms with Gasteiger partial charge >= 0.3 is 0 Å². The summed E-state index contributed by atoms with van der Waals surface area (Å²) in [5, 5.41) is 3.56. The third-order valence-corrected chi connectivity index (χ3v) is 3.75. The Bertz CT molecular complexity index is 180. The molecule has 0 aliphatic carbocycles. The lowest BCUT2D eigenvalue weighted by Gasteiger charge is -2.29. The molecular weight excluding hydrogens is 198 g/mol. The Hall–Kier alpha value is -0.120. The fraction of sp³-hybridized carbons (Fsp3) is 1.00. The molecule has 0 saturated carbocycles. The molecule has 1 aliphatic rings. The minimum Gasteiger partial charge on any atom is -0.313 e. The van der Waals surface area contributed by atoms with Crippen molar-refractivity contribution in [3.8, 4) is 0 Å². The Balaban J connectivity index is 2.29. The summed E-state index contributed by atoms with van der Waals surface area (Å²) < 4.78 is 0. The maximum atomic E-state index is 3.56. The van der Waals surface area contributed by atoms with Crippen LogP contribution in [-0.2, 0) is 0 Å². The molecule has 1 fully saturated rings. The number of nitrogens with zero attached hydrogens (tertiary/aromatic N) is 2. The summed E-state index contributed by atoms with van der Waals surface area (Å²) in [5.41, 5.74) is 0. The highest BCUT2D eigenvalue weighted by Crippen LogP contribution is 2.13. The van der Waals surface area contributed by atoms with Gasteiger partial charge in [-0.25, -0.2) is 0 Å². The Morgan fingerprint density at radius 3 is 2.56 bits per heavy atom. The van der Waals surface area contributed by atoms with E-state index in [4.69, 9.17) is 0 Å². The molecule has 3 nitrogen and oxygen atoms in total. The second kappa shape index (κ2) is 7.25. The van der Waals surface area contributed by atoms with E-state index in [2.05, 4.69) is 42.8 Å². The standard InChI is InChI=1S/C13H29N3/c1-5-14-13-8-9-16(11-13)12(4)10-15(6-2)7-3/h12-14H,5-11H2,1-4H3. The molecule has 0 aromatic carbocycles. The van der Waals surface area contributed by atoms with E-state index < -0.39 is 0 Å². The minimum atomic E-state index is 0.698. The van der Waals surface area contributed by atoms with Crippen LogP contribution in [0.15, 0.2) is 0 Å². The van der Waals surface area contributed by atoms with Gasteiger partial charge in [0.05, 0.1) is 0 Å². The number of rotatable bonds is 7. The van der Waals surface area contributed by atoms with Crippen molar-refractivity contribution in [1.29, 1.82) is 0 Å². The topological polar surface area (TPSA) is 18.5 Å². The minimum absolute atomic E-state index is 0.698. The average molecular weight is 227 g/mol. The molecule has 16 heavy (non-hydrogen) atoms. The molecule has 0 amide bonds. The number of hydrogen-bond donors (Lipinski definition) is 1. The van der Waals surface area contributed by atoms with E-state index in [9.17, 15) is 0 Å². The van der Waals surface area contributed by atoms with Crippen LogP contribution in [-0.4, -0.2) is 61.2 Å². The van der Waals surface area contributed by atoms with Gasteiger partial charge < -0.3 is 10.2 Å². The molecule has 1 aliphatic heterocycles. The maximum absolute atomic E-state index is 3.56. The van der Waals surface area contributed by atoms with Crippen molar-refractivity contribution in [3.05, 3.63) is 0 Å². The third-order valence-electron chi connectivity index (χ3n) is 3.75. The van der Waals surface area contributed by atoms with Crippen molar-refractivity contribution in [2.24, 2.45) is 0 Å². The number of hydrogen-bond acceptors (Lipinski definition) is 3. The Morgan fingerprint density at radius 1 is 1.31 bits per heavy atom. The molecule has 1 rings (SSSR count). The lowest BCUT2D eigenvalue weighted by molar-refractivity contribution is 0.178. The van der Waals surface area contributed by atoms with Crippen molar-refractivity contribution in [1.82, 2.24) is 15.1 Å². The molecule has 1 N–H and O–H groups in total. The number of likely N-dealkylation sites (tertiary alicyclic amines) is 1. The van der Waals surface area contributed by atoms with Crippen molar-refractivity contribution in [2.45, 2.75) is 46.2 Å². The van der Waals surface area contributed by atoms with Crippen molar-refractivity contribution in [2.75, 3.05) is 39.3 Å². The number of nitrogens with one attached hydrogen (secondary N) is 1. The summed E-state index contributed by atoms with van der Waals surface area (Å²) in [6, 6.07) is 1.42. The predicted octanol–water partition coefficient (Wildman–Crippen LogP) is 1.40.